The van der Waals surface area contributed by atoms with E-state index in [9.17, 15) is 9.59 Å². The summed E-state index contributed by atoms with van der Waals surface area (Å²) in [4.78, 5) is 31.9. The minimum atomic E-state index is -0.0398. The van der Waals surface area contributed by atoms with E-state index in [4.69, 9.17) is 4.74 Å². The van der Waals surface area contributed by atoms with Crippen LogP contribution in [0.15, 0.2) is 54.6 Å². The Labute approximate surface area is 187 Å². The first kappa shape index (κ1) is 20.1. The molecule has 1 N–H and O–H groups in total. The highest BCUT2D eigenvalue weighted by molar-refractivity contribution is 5.95. The molecule has 0 radical (unpaired) electrons. The second-order valence-electron chi connectivity index (χ2n) is 8.07. The van der Waals surface area contributed by atoms with Crippen LogP contribution in [0.2, 0.25) is 0 Å². The number of carbonyl (C=O) groups is 2. The van der Waals surface area contributed by atoms with Gasteiger partial charge in [0.25, 0.3) is 5.91 Å². The number of ether oxygens (including phenoxy) is 1. The first-order valence-corrected chi connectivity index (χ1v) is 10.9. The maximum atomic E-state index is 13.2. The molecular weight excluding hydrogens is 402 g/mol. The molecule has 0 unspecified atom stereocenters. The summed E-state index contributed by atoms with van der Waals surface area (Å²) >= 11 is 0. The van der Waals surface area contributed by atoms with Gasteiger partial charge in [0.2, 0.25) is 0 Å². The van der Waals surface area contributed by atoms with Gasteiger partial charge in [0.1, 0.15) is 12.3 Å². The highest BCUT2D eigenvalue weighted by Gasteiger charge is 2.29. The quantitative estimate of drug-likeness (QED) is 0.586. The van der Waals surface area contributed by atoms with E-state index >= 15 is 0 Å². The molecule has 0 aliphatic carbocycles. The van der Waals surface area contributed by atoms with Crippen molar-refractivity contribution in [3.05, 3.63) is 82.6 Å². The number of anilines is 2. The summed E-state index contributed by atoms with van der Waals surface area (Å²) in [5.41, 5.74) is 5.39. The molecule has 162 valence electrons. The third-order valence-corrected chi connectivity index (χ3v) is 6.00. The highest BCUT2D eigenvalue weighted by atomic mass is 16.5. The fraction of sp³-hybridized carbons (Fsp3) is 0.231. The number of benzene rings is 2. The van der Waals surface area contributed by atoms with Gasteiger partial charge in [-0.2, -0.15) is 0 Å². The van der Waals surface area contributed by atoms with E-state index in [2.05, 4.69) is 28.9 Å². The minimum absolute atomic E-state index is 0.0398. The minimum Gasteiger partial charge on any atom is -0.488 e. The maximum Gasteiger partial charge on any atom is 0.271 e. The molecule has 0 spiro atoms. The number of hydrogen-bond donors (Lipinski definition) is 1. The summed E-state index contributed by atoms with van der Waals surface area (Å²) in [6.07, 6.45) is 5.79. The lowest BCUT2D eigenvalue weighted by molar-refractivity contribution is 0.0746. The van der Waals surface area contributed by atoms with E-state index < -0.39 is 0 Å². The maximum absolute atomic E-state index is 13.2. The molecule has 3 aromatic rings. The van der Waals surface area contributed by atoms with Crippen molar-refractivity contribution in [3.8, 4) is 5.75 Å². The number of aromatic nitrogens is 1. The molecule has 2 aliphatic rings. The Bertz CT molecular complexity index is 1190. The van der Waals surface area contributed by atoms with E-state index in [-0.39, 0.29) is 5.91 Å². The molecule has 2 aliphatic heterocycles. The first-order valence-electron chi connectivity index (χ1n) is 10.9. The average molecular weight is 428 g/mol. The van der Waals surface area contributed by atoms with Gasteiger partial charge in [-0.15, -0.1) is 0 Å². The molecule has 5 rings (SSSR count). The number of H-pyrrole nitrogens is 1. The van der Waals surface area contributed by atoms with Crippen LogP contribution in [0.1, 0.15) is 50.9 Å². The Morgan fingerprint density at radius 2 is 1.88 bits per heavy atom. The van der Waals surface area contributed by atoms with Crippen LogP contribution in [0.4, 0.5) is 11.5 Å². The third-order valence-electron chi connectivity index (χ3n) is 6.00. The zero-order chi connectivity index (χ0) is 22.1. The molecule has 0 saturated carbocycles. The zero-order valence-corrected chi connectivity index (χ0v) is 18.0. The number of fused-ring (bicyclic) bond motifs is 2. The van der Waals surface area contributed by atoms with Crippen molar-refractivity contribution in [2.45, 2.75) is 26.4 Å². The van der Waals surface area contributed by atoms with E-state index in [0.717, 1.165) is 29.8 Å². The van der Waals surface area contributed by atoms with Crippen molar-refractivity contribution in [1.29, 1.82) is 0 Å². The molecule has 32 heavy (non-hydrogen) atoms. The van der Waals surface area contributed by atoms with Crippen LogP contribution in [0.5, 0.6) is 5.75 Å². The first-order chi connectivity index (χ1) is 15.7. The van der Waals surface area contributed by atoms with Crippen LogP contribution >= 0.6 is 0 Å². The topological polar surface area (TPSA) is 65.6 Å². The number of nitrogens with one attached hydrogen (secondary N) is 1. The number of hydrogen-bond acceptors (Lipinski definition) is 4. The number of aromatic amines is 1. The number of allylic oxidation sites excluding steroid dienone is 1. The Hall–Kier alpha value is -3.80. The second-order valence-corrected chi connectivity index (χ2v) is 8.07. The lowest BCUT2D eigenvalue weighted by Crippen LogP contribution is -2.28. The number of nitrogens with zero attached hydrogens (tertiary/aromatic N) is 2. The summed E-state index contributed by atoms with van der Waals surface area (Å²) in [6, 6.07) is 15.7. The number of aldehydes is 1. The van der Waals surface area contributed by atoms with Crippen molar-refractivity contribution >= 4 is 29.8 Å². The summed E-state index contributed by atoms with van der Waals surface area (Å²) < 4.78 is 5.86. The molecule has 2 aromatic carbocycles. The molecular formula is C26H25N3O3. The number of carbonyl (C=O) groups excluding carboxylic acids is 2. The van der Waals surface area contributed by atoms with Gasteiger partial charge in [-0.25, -0.2) is 0 Å². The van der Waals surface area contributed by atoms with Gasteiger partial charge in [0.05, 0.1) is 6.54 Å². The van der Waals surface area contributed by atoms with Gasteiger partial charge in [0, 0.05) is 30.4 Å². The van der Waals surface area contributed by atoms with Crippen molar-refractivity contribution in [2.24, 2.45) is 0 Å². The summed E-state index contributed by atoms with van der Waals surface area (Å²) in [6.45, 7) is 4.45. The van der Waals surface area contributed by atoms with Crippen LogP contribution in [0.25, 0.3) is 6.08 Å². The third kappa shape index (κ3) is 3.58. The summed E-state index contributed by atoms with van der Waals surface area (Å²) in [7, 11) is 0. The van der Waals surface area contributed by atoms with Crippen molar-refractivity contribution in [3.63, 3.8) is 0 Å². The van der Waals surface area contributed by atoms with Crippen molar-refractivity contribution in [1.82, 2.24) is 9.88 Å². The average Bonchev–Trinajstić information content (AvgIpc) is 3.46. The Balaban J connectivity index is 1.44. The highest BCUT2D eigenvalue weighted by Crippen LogP contribution is 2.38. The van der Waals surface area contributed by atoms with E-state index in [1.165, 1.54) is 11.1 Å². The molecule has 1 amide bonds. The molecule has 1 aromatic heterocycles. The summed E-state index contributed by atoms with van der Waals surface area (Å²) in [5, 5.41) is 0. The molecule has 0 bridgehead atoms. The fourth-order valence-corrected chi connectivity index (χ4v) is 4.34. The van der Waals surface area contributed by atoms with Gasteiger partial charge in [-0.05, 0) is 41.3 Å². The van der Waals surface area contributed by atoms with Gasteiger partial charge in [-0.3, -0.25) is 9.59 Å². The Morgan fingerprint density at radius 1 is 1.09 bits per heavy atom. The second kappa shape index (κ2) is 8.38. The smallest absolute Gasteiger partial charge is 0.271 e. The Kier molecular flexibility index (Phi) is 5.27. The van der Waals surface area contributed by atoms with E-state index in [1.54, 1.807) is 6.07 Å². The van der Waals surface area contributed by atoms with Crippen LogP contribution in [0, 0.1) is 0 Å². The molecule has 6 heteroatoms. The zero-order valence-electron chi connectivity index (χ0n) is 18.0. The monoisotopic (exact) mass is 427 g/mol. The fourth-order valence-electron chi connectivity index (χ4n) is 4.34. The van der Waals surface area contributed by atoms with Crippen molar-refractivity contribution in [2.75, 3.05) is 18.1 Å². The number of rotatable bonds is 5. The SMILES string of the molecule is CC/C=C/c1cc(N2CCOc3cc(C(=O)N4Cc5ccccc5C4)[nH]c32)ccc1C=O. The van der Waals surface area contributed by atoms with Gasteiger partial charge in [0.15, 0.2) is 17.9 Å². The van der Waals surface area contributed by atoms with Gasteiger partial charge >= 0.3 is 0 Å². The molecule has 0 atom stereocenters. The number of amides is 1. The van der Waals surface area contributed by atoms with E-state index in [1.807, 2.05) is 47.4 Å². The lowest BCUT2D eigenvalue weighted by Gasteiger charge is -2.29. The predicted molar refractivity (Wildman–Crippen MR) is 124 cm³/mol. The largest absolute Gasteiger partial charge is 0.488 e. The molecule has 3 heterocycles. The standard InChI is InChI=1S/C26H25N3O3/c1-2-3-6-18-13-22(10-9-21(18)17-30)29-11-12-32-24-14-23(27-25(24)29)26(31)28-15-19-7-4-5-8-20(19)16-28/h3-10,13-14,17,27H,2,11-12,15-16H2,1H3/b6-3+. The van der Waals surface area contributed by atoms with Crippen LogP contribution in [-0.4, -0.2) is 35.2 Å². The molecule has 6 nitrogen and oxygen atoms in total. The lowest BCUT2D eigenvalue weighted by atomic mass is 10.1. The molecule has 0 fully saturated rings. The van der Waals surface area contributed by atoms with Gasteiger partial charge in [-0.1, -0.05) is 43.3 Å². The van der Waals surface area contributed by atoms with Crippen LogP contribution in [0.3, 0.4) is 0 Å². The van der Waals surface area contributed by atoms with E-state index in [0.29, 0.717) is 43.2 Å². The van der Waals surface area contributed by atoms with Crippen molar-refractivity contribution < 1.29 is 14.3 Å². The van der Waals surface area contributed by atoms with Gasteiger partial charge < -0.3 is 19.5 Å². The summed E-state index contributed by atoms with van der Waals surface area (Å²) in [5.74, 6) is 1.39. The van der Waals surface area contributed by atoms with Crippen LogP contribution < -0.4 is 9.64 Å². The molecule has 0 saturated heterocycles. The normalized spacial score (nSPS) is 14.9. The Morgan fingerprint density at radius 3 is 2.59 bits per heavy atom. The van der Waals surface area contributed by atoms with Crippen LogP contribution in [-0.2, 0) is 13.1 Å². The predicted octanol–water partition coefficient (Wildman–Crippen LogP) is 4.94.